The molecule has 2 aliphatic rings. The monoisotopic (exact) mass is 194 g/mol. The summed E-state index contributed by atoms with van der Waals surface area (Å²) in [5, 5.41) is 0. The van der Waals surface area contributed by atoms with E-state index in [0.717, 1.165) is 18.8 Å². The van der Waals surface area contributed by atoms with Crippen molar-refractivity contribution < 1.29 is 4.79 Å². The summed E-state index contributed by atoms with van der Waals surface area (Å²) in [5.74, 6) is 1.74. The van der Waals surface area contributed by atoms with Crippen molar-refractivity contribution in [3.8, 4) is 0 Å². The van der Waals surface area contributed by atoms with Crippen molar-refractivity contribution in [2.45, 2.75) is 53.4 Å². The standard InChI is InChI=1S/C13H22O/c1-12(2)11(13(12,3)4)10(14)8-7-9-5-6-9/h9,11H,5-8H2,1-4H3. The second-order valence-electron chi connectivity index (χ2n) is 6.32. The van der Waals surface area contributed by atoms with Crippen LogP contribution < -0.4 is 0 Å². The second kappa shape index (κ2) is 2.84. The van der Waals surface area contributed by atoms with E-state index in [4.69, 9.17) is 0 Å². The molecule has 2 aliphatic carbocycles. The van der Waals surface area contributed by atoms with Crippen molar-refractivity contribution in [1.82, 2.24) is 0 Å². The third-order valence-electron chi connectivity index (χ3n) is 4.84. The van der Waals surface area contributed by atoms with Crippen molar-refractivity contribution in [3.05, 3.63) is 0 Å². The van der Waals surface area contributed by atoms with Crippen molar-refractivity contribution in [2.75, 3.05) is 0 Å². The summed E-state index contributed by atoms with van der Waals surface area (Å²) < 4.78 is 0. The number of hydrogen-bond donors (Lipinski definition) is 0. The number of carbonyl (C=O) groups is 1. The third-order valence-corrected chi connectivity index (χ3v) is 4.84. The first-order chi connectivity index (χ1) is 6.37. The van der Waals surface area contributed by atoms with Gasteiger partial charge in [-0.05, 0) is 23.2 Å². The van der Waals surface area contributed by atoms with Gasteiger partial charge in [0.15, 0.2) is 0 Å². The molecule has 14 heavy (non-hydrogen) atoms. The van der Waals surface area contributed by atoms with Gasteiger partial charge in [-0.1, -0.05) is 40.5 Å². The lowest BCUT2D eigenvalue weighted by Crippen LogP contribution is -2.06. The molecule has 0 aromatic heterocycles. The van der Waals surface area contributed by atoms with Crippen LogP contribution in [0.5, 0.6) is 0 Å². The van der Waals surface area contributed by atoms with Gasteiger partial charge in [0.1, 0.15) is 5.78 Å². The molecule has 2 saturated carbocycles. The molecule has 0 amide bonds. The van der Waals surface area contributed by atoms with Gasteiger partial charge in [-0.2, -0.15) is 0 Å². The Morgan fingerprint density at radius 2 is 1.64 bits per heavy atom. The molecule has 0 saturated heterocycles. The van der Waals surface area contributed by atoms with Crippen LogP contribution in [0.3, 0.4) is 0 Å². The van der Waals surface area contributed by atoms with E-state index in [2.05, 4.69) is 27.7 Å². The summed E-state index contributed by atoms with van der Waals surface area (Å²) in [6, 6.07) is 0. The normalized spacial score (nSPS) is 28.9. The van der Waals surface area contributed by atoms with Crippen molar-refractivity contribution in [3.63, 3.8) is 0 Å². The molecule has 0 aliphatic heterocycles. The Hall–Kier alpha value is -0.330. The molecule has 2 fully saturated rings. The van der Waals surface area contributed by atoms with Crippen molar-refractivity contribution >= 4 is 5.78 Å². The number of Topliss-reactive ketones (excluding diaryl/α,β-unsaturated/α-hetero) is 1. The zero-order valence-corrected chi connectivity index (χ0v) is 9.89. The van der Waals surface area contributed by atoms with Gasteiger partial charge in [-0.25, -0.2) is 0 Å². The topological polar surface area (TPSA) is 17.1 Å². The lowest BCUT2D eigenvalue weighted by Gasteiger charge is -2.03. The van der Waals surface area contributed by atoms with E-state index in [0.29, 0.717) is 11.7 Å². The zero-order valence-electron chi connectivity index (χ0n) is 9.89. The summed E-state index contributed by atoms with van der Waals surface area (Å²) in [7, 11) is 0. The molecule has 0 unspecified atom stereocenters. The molecule has 0 aromatic carbocycles. The highest BCUT2D eigenvalue weighted by atomic mass is 16.1. The fourth-order valence-electron chi connectivity index (χ4n) is 2.90. The minimum absolute atomic E-state index is 0.244. The molecule has 0 N–H and O–H groups in total. The van der Waals surface area contributed by atoms with Crippen molar-refractivity contribution in [1.29, 1.82) is 0 Å². The van der Waals surface area contributed by atoms with Gasteiger partial charge in [0, 0.05) is 12.3 Å². The Kier molecular flexibility index (Phi) is 2.06. The van der Waals surface area contributed by atoms with Crippen LogP contribution in [0.1, 0.15) is 53.4 Å². The summed E-state index contributed by atoms with van der Waals surface area (Å²) in [6.07, 6.45) is 4.72. The predicted octanol–water partition coefficient (Wildman–Crippen LogP) is 3.43. The van der Waals surface area contributed by atoms with E-state index in [1.807, 2.05) is 0 Å². The molecule has 0 spiro atoms. The van der Waals surface area contributed by atoms with Crippen LogP contribution >= 0.6 is 0 Å². The van der Waals surface area contributed by atoms with E-state index in [1.54, 1.807) is 0 Å². The number of hydrogen-bond acceptors (Lipinski definition) is 1. The molecule has 80 valence electrons. The highest BCUT2D eigenvalue weighted by molar-refractivity contribution is 5.86. The van der Waals surface area contributed by atoms with Crippen LogP contribution in [0.25, 0.3) is 0 Å². The highest BCUT2D eigenvalue weighted by Crippen LogP contribution is 2.69. The van der Waals surface area contributed by atoms with Gasteiger partial charge in [-0.3, -0.25) is 4.79 Å². The van der Waals surface area contributed by atoms with E-state index >= 15 is 0 Å². The van der Waals surface area contributed by atoms with E-state index in [-0.39, 0.29) is 10.8 Å². The maximum atomic E-state index is 12.0. The number of rotatable bonds is 4. The molecule has 0 bridgehead atoms. The smallest absolute Gasteiger partial charge is 0.137 e. The summed E-state index contributed by atoms with van der Waals surface area (Å²) >= 11 is 0. The molecule has 0 radical (unpaired) electrons. The molecule has 0 aromatic rings. The van der Waals surface area contributed by atoms with E-state index in [9.17, 15) is 4.79 Å². The zero-order chi connectivity index (χ0) is 10.6. The molecular formula is C13H22O. The third kappa shape index (κ3) is 1.41. The maximum Gasteiger partial charge on any atom is 0.137 e. The minimum atomic E-state index is 0.244. The van der Waals surface area contributed by atoms with Crippen LogP contribution in [-0.4, -0.2) is 5.78 Å². The summed E-state index contributed by atoms with van der Waals surface area (Å²) in [4.78, 5) is 12.0. The van der Waals surface area contributed by atoms with Gasteiger partial charge in [0.05, 0.1) is 0 Å². The SMILES string of the molecule is CC1(C)C(C(=O)CCC2CC2)C1(C)C. The molecule has 0 heterocycles. The van der Waals surface area contributed by atoms with Crippen LogP contribution in [0, 0.1) is 22.7 Å². The molecule has 1 nitrogen and oxygen atoms in total. The quantitative estimate of drug-likeness (QED) is 0.670. The molecular weight excluding hydrogens is 172 g/mol. The summed E-state index contributed by atoms with van der Waals surface area (Å²) in [6.45, 7) is 8.92. The maximum absolute atomic E-state index is 12.0. The van der Waals surface area contributed by atoms with E-state index < -0.39 is 0 Å². The van der Waals surface area contributed by atoms with Crippen LogP contribution in [0.2, 0.25) is 0 Å². The summed E-state index contributed by atoms with van der Waals surface area (Å²) in [5.41, 5.74) is 0.487. The van der Waals surface area contributed by atoms with Gasteiger partial charge in [0.25, 0.3) is 0 Å². The number of ketones is 1. The minimum Gasteiger partial charge on any atom is -0.299 e. The molecule has 0 atom stereocenters. The van der Waals surface area contributed by atoms with Gasteiger partial charge < -0.3 is 0 Å². The van der Waals surface area contributed by atoms with Crippen molar-refractivity contribution in [2.24, 2.45) is 22.7 Å². The Morgan fingerprint density at radius 1 is 1.14 bits per heavy atom. The Balaban J connectivity index is 1.87. The molecule has 2 rings (SSSR count). The largest absolute Gasteiger partial charge is 0.299 e. The highest BCUT2D eigenvalue weighted by Gasteiger charge is 2.67. The number of carbonyl (C=O) groups excluding carboxylic acids is 1. The Labute approximate surface area is 87.3 Å². The van der Waals surface area contributed by atoms with Crippen LogP contribution in [-0.2, 0) is 4.79 Å². The Morgan fingerprint density at radius 3 is 2.00 bits per heavy atom. The average Bonchev–Trinajstić information content (AvgIpc) is 2.88. The first-order valence-corrected chi connectivity index (χ1v) is 5.90. The predicted molar refractivity (Wildman–Crippen MR) is 58.0 cm³/mol. The molecule has 1 heteroatoms. The lowest BCUT2D eigenvalue weighted by atomic mass is 10.0. The second-order valence-corrected chi connectivity index (χ2v) is 6.32. The van der Waals surface area contributed by atoms with Crippen LogP contribution in [0.15, 0.2) is 0 Å². The van der Waals surface area contributed by atoms with Gasteiger partial charge >= 0.3 is 0 Å². The van der Waals surface area contributed by atoms with E-state index in [1.165, 1.54) is 12.8 Å². The fraction of sp³-hybridized carbons (Fsp3) is 0.923. The lowest BCUT2D eigenvalue weighted by molar-refractivity contribution is -0.121. The van der Waals surface area contributed by atoms with Crippen LogP contribution in [0.4, 0.5) is 0 Å². The average molecular weight is 194 g/mol. The fourth-order valence-corrected chi connectivity index (χ4v) is 2.90. The van der Waals surface area contributed by atoms with Gasteiger partial charge in [0.2, 0.25) is 0 Å². The van der Waals surface area contributed by atoms with Gasteiger partial charge in [-0.15, -0.1) is 0 Å². The first kappa shape index (κ1) is 10.2. The Bertz CT molecular complexity index is 244. The first-order valence-electron chi connectivity index (χ1n) is 5.90.